The first-order valence-electron chi connectivity index (χ1n) is 8.19. The van der Waals surface area contributed by atoms with E-state index in [-0.39, 0.29) is 23.5 Å². The summed E-state index contributed by atoms with van der Waals surface area (Å²) in [5.74, 6) is -0.244. The molecule has 0 fully saturated rings. The van der Waals surface area contributed by atoms with Crippen LogP contribution < -0.4 is 10.3 Å². The van der Waals surface area contributed by atoms with Crippen molar-refractivity contribution in [2.75, 3.05) is 6.61 Å². The van der Waals surface area contributed by atoms with Crippen LogP contribution in [0.4, 0.5) is 5.69 Å². The second kappa shape index (κ2) is 7.77. The molecule has 0 saturated carbocycles. The van der Waals surface area contributed by atoms with Crippen LogP contribution in [0.3, 0.4) is 0 Å². The number of aryl methyl sites for hydroxylation is 1. The second-order valence-corrected chi connectivity index (χ2v) is 6.67. The van der Waals surface area contributed by atoms with Gasteiger partial charge in [0.25, 0.3) is 5.56 Å². The number of nitrogens with zero attached hydrogens (tertiary/aromatic N) is 4. The molecule has 1 aromatic heterocycles. The van der Waals surface area contributed by atoms with E-state index < -0.39 is 16.4 Å². The molecular weight excluding hydrogens is 432 g/mol. The van der Waals surface area contributed by atoms with E-state index in [9.17, 15) is 20.0 Å². The Morgan fingerprint density at radius 2 is 2.14 bits per heavy atom. The zero-order chi connectivity index (χ0) is 20.4. The summed E-state index contributed by atoms with van der Waals surface area (Å²) in [5.41, 5.74) is -0.0694. The molecule has 144 valence electrons. The fourth-order valence-electron chi connectivity index (χ4n) is 2.61. The lowest BCUT2D eigenvalue weighted by molar-refractivity contribution is -0.386. The van der Waals surface area contributed by atoms with Crippen LogP contribution in [-0.4, -0.2) is 32.5 Å². The summed E-state index contributed by atoms with van der Waals surface area (Å²) in [5, 5.41) is 25.6. The molecule has 0 spiro atoms. The van der Waals surface area contributed by atoms with Crippen LogP contribution in [-0.2, 0) is 0 Å². The van der Waals surface area contributed by atoms with Gasteiger partial charge in [0.05, 0.1) is 28.6 Å². The minimum Gasteiger partial charge on any atom is -0.500 e. The number of aromatic hydroxyl groups is 1. The maximum absolute atomic E-state index is 12.7. The Bertz CT molecular complexity index is 1170. The molecule has 0 atom stereocenters. The number of hydrogen-bond donors (Lipinski definition) is 1. The Balaban J connectivity index is 2.11. The fraction of sp³-hybridized carbons (Fsp3) is 0.167. The summed E-state index contributed by atoms with van der Waals surface area (Å²) in [7, 11) is 0. The van der Waals surface area contributed by atoms with Gasteiger partial charge in [-0.15, -0.1) is 0 Å². The number of ether oxygens (including phenoxy) is 1. The Kier molecular flexibility index (Phi) is 5.41. The average Bonchev–Trinajstić information content (AvgIpc) is 2.64. The van der Waals surface area contributed by atoms with Crippen molar-refractivity contribution in [1.82, 2.24) is 9.66 Å². The first-order chi connectivity index (χ1) is 13.3. The highest BCUT2D eigenvalue weighted by Gasteiger charge is 2.19. The molecule has 0 aliphatic heterocycles. The summed E-state index contributed by atoms with van der Waals surface area (Å²) >= 11 is 3.32. The van der Waals surface area contributed by atoms with Crippen LogP contribution in [0.25, 0.3) is 10.9 Å². The normalized spacial score (nSPS) is 11.2. The van der Waals surface area contributed by atoms with Gasteiger partial charge in [-0.3, -0.25) is 14.9 Å². The van der Waals surface area contributed by atoms with Crippen LogP contribution in [0.1, 0.15) is 18.3 Å². The predicted molar refractivity (Wildman–Crippen MR) is 107 cm³/mol. The van der Waals surface area contributed by atoms with Crippen LogP contribution in [0.15, 0.2) is 44.7 Å². The summed E-state index contributed by atoms with van der Waals surface area (Å²) in [6.45, 7) is 3.53. The van der Waals surface area contributed by atoms with E-state index in [1.165, 1.54) is 12.3 Å². The monoisotopic (exact) mass is 446 g/mol. The number of hydrogen-bond acceptors (Lipinski definition) is 7. The molecule has 1 heterocycles. The predicted octanol–water partition coefficient (Wildman–Crippen LogP) is 3.36. The molecule has 0 radical (unpaired) electrons. The van der Waals surface area contributed by atoms with Crippen LogP contribution >= 0.6 is 15.9 Å². The number of nitro benzene ring substituents is 1. The fourth-order valence-corrected chi connectivity index (χ4v) is 2.97. The van der Waals surface area contributed by atoms with Crippen molar-refractivity contribution in [2.45, 2.75) is 13.8 Å². The number of aromatic nitrogens is 2. The summed E-state index contributed by atoms with van der Waals surface area (Å²) in [6.07, 6.45) is 1.27. The Morgan fingerprint density at radius 1 is 1.39 bits per heavy atom. The molecule has 0 aliphatic rings. The minimum absolute atomic E-state index is 0.0391. The molecule has 3 aromatic rings. The summed E-state index contributed by atoms with van der Waals surface area (Å²) in [4.78, 5) is 27.5. The van der Waals surface area contributed by atoms with E-state index in [1.54, 1.807) is 32.0 Å². The first-order valence-corrected chi connectivity index (χ1v) is 8.98. The molecule has 2 aromatic carbocycles. The Labute approximate surface area is 167 Å². The van der Waals surface area contributed by atoms with Crippen molar-refractivity contribution >= 4 is 38.7 Å². The number of fused-ring (bicyclic) bond motifs is 1. The van der Waals surface area contributed by atoms with Gasteiger partial charge in [-0.2, -0.15) is 9.78 Å². The highest BCUT2D eigenvalue weighted by Crippen LogP contribution is 2.36. The molecule has 28 heavy (non-hydrogen) atoms. The van der Waals surface area contributed by atoms with E-state index in [0.717, 1.165) is 15.2 Å². The van der Waals surface area contributed by atoms with Crippen LogP contribution in [0, 0.1) is 17.0 Å². The highest BCUT2D eigenvalue weighted by molar-refractivity contribution is 9.10. The smallest absolute Gasteiger partial charge is 0.315 e. The number of phenolic OH excluding ortho intramolecular Hbond substituents is 1. The maximum atomic E-state index is 12.7. The zero-order valence-corrected chi connectivity index (χ0v) is 16.5. The molecule has 1 N–H and O–H groups in total. The van der Waals surface area contributed by atoms with E-state index in [0.29, 0.717) is 16.7 Å². The standard InChI is InChI=1S/C18H15BrN4O5/c1-3-28-16-7-11(6-15(17(16)24)23(26)27)9-20-22-10(2)21-14-5-4-12(19)8-13(14)18(22)25/h4-9,24H,3H2,1-2H3. The molecule has 0 saturated heterocycles. The quantitative estimate of drug-likeness (QED) is 0.364. The van der Waals surface area contributed by atoms with Crippen molar-refractivity contribution in [3.8, 4) is 11.5 Å². The van der Waals surface area contributed by atoms with Crippen LogP contribution in [0.5, 0.6) is 11.5 Å². The van der Waals surface area contributed by atoms with Gasteiger partial charge in [0.15, 0.2) is 5.75 Å². The van der Waals surface area contributed by atoms with Gasteiger partial charge in [-0.25, -0.2) is 4.98 Å². The molecule has 0 unspecified atom stereocenters. The van der Waals surface area contributed by atoms with Crippen molar-refractivity contribution in [3.63, 3.8) is 0 Å². The number of phenols is 1. The maximum Gasteiger partial charge on any atom is 0.315 e. The van der Waals surface area contributed by atoms with Gasteiger partial charge in [-0.1, -0.05) is 15.9 Å². The van der Waals surface area contributed by atoms with Crippen molar-refractivity contribution in [3.05, 3.63) is 66.7 Å². The van der Waals surface area contributed by atoms with Gasteiger partial charge in [0, 0.05) is 16.1 Å². The molecule has 10 heteroatoms. The van der Waals surface area contributed by atoms with E-state index in [4.69, 9.17) is 4.74 Å². The molecule has 9 nitrogen and oxygen atoms in total. The molecule has 0 amide bonds. The Morgan fingerprint density at radius 3 is 2.82 bits per heavy atom. The minimum atomic E-state index is -0.721. The van der Waals surface area contributed by atoms with E-state index >= 15 is 0 Å². The molecule has 3 rings (SSSR count). The number of rotatable bonds is 5. The summed E-state index contributed by atoms with van der Waals surface area (Å²) < 4.78 is 7.07. The largest absolute Gasteiger partial charge is 0.500 e. The number of benzene rings is 2. The van der Waals surface area contributed by atoms with E-state index in [2.05, 4.69) is 26.0 Å². The number of nitro groups is 1. The average molecular weight is 447 g/mol. The highest BCUT2D eigenvalue weighted by atomic mass is 79.9. The second-order valence-electron chi connectivity index (χ2n) is 5.76. The van der Waals surface area contributed by atoms with E-state index in [1.807, 2.05) is 0 Å². The summed E-state index contributed by atoms with van der Waals surface area (Å²) in [6, 6.07) is 7.70. The van der Waals surface area contributed by atoms with Crippen molar-refractivity contribution in [1.29, 1.82) is 0 Å². The van der Waals surface area contributed by atoms with Crippen LogP contribution in [0.2, 0.25) is 0 Å². The lowest BCUT2D eigenvalue weighted by Gasteiger charge is -2.08. The lowest BCUT2D eigenvalue weighted by atomic mass is 10.2. The van der Waals surface area contributed by atoms with Gasteiger partial charge >= 0.3 is 5.69 Å². The zero-order valence-electron chi connectivity index (χ0n) is 14.9. The van der Waals surface area contributed by atoms with Crippen molar-refractivity contribution in [2.24, 2.45) is 5.10 Å². The lowest BCUT2D eigenvalue weighted by Crippen LogP contribution is -2.20. The third kappa shape index (κ3) is 3.72. The van der Waals surface area contributed by atoms with Gasteiger partial charge in [0.1, 0.15) is 5.82 Å². The third-order valence-corrected chi connectivity index (χ3v) is 4.36. The first kappa shape index (κ1) is 19.5. The third-order valence-electron chi connectivity index (χ3n) is 3.87. The SMILES string of the molecule is CCOc1cc(C=Nn2c(C)nc3ccc(Br)cc3c2=O)cc([N+](=O)[O-])c1O. The van der Waals surface area contributed by atoms with Gasteiger partial charge < -0.3 is 9.84 Å². The number of halogens is 1. The van der Waals surface area contributed by atoms with Crippen molar-refractivity contribution < 1.29 is 14.8 Å². The topological polar surface area (TPSA) is 120 Å². The molecule has 0 bridgehead atoms. The molecule has 0 aliphatic carbocycles. The Hall–Kier alpha value is -3.27. The van der Waals surface area contributed by atoms with Gasteiger partial charge in [0.2, 0.25) is 5.75 Å². The van der Waals surface area contributed by atoms with Gasteiger partial charge in [-0.05, 0) is 38.1 Å². The molecular formula is C18H15BrN4O5.